The van der Waals surface area contributed by atoms with Gasteiger partial charge in [0.1, 0.15) is 0 Å². The summed E-state index contributed by atoms with van der Waals surface area (Å²) < 4.78 is 1.52. The third-order valence-electron chi connectivity index (χ3n) is 5.57. The molecule has 0 radical (unpaired) electrons. The number of hydrogen-bond donors (Lipinski definition) is 1. The van der Waals surface area contributed by atoms with Gasteiger partial charge in [-0.2, -0.15) is 0 Å². The molecule has 0 saturated carbocycles. The zero-order valence-electron chi connectivity index (χ0n) is 15.9. The third-order valence-corrected chi connectivity index (χ3v) is 5.57. The summed E-state index contributed by atoms with van der Waals surface area (Å²) in [6.45, 7) is 3.41. The summed E-state index contributed by atoms with van der Waals surface area (Å²) in [6, 6.07) is 15.6. The number of carbonyl (C=O) groups excluding carboxylic acids is 1. The summed E-state index contributed by atoms with van der Waals surface area (Å²) in [5.41, 5.74) is 9.02. The van der Waals surface area contributed by atoms with Crippen LogP contribution in [0.4, 0.5) is 0 Å². The number of carbonyl (C=O) groups is 1. The Morgan fingerprint density at radius 1 is 1.14 bits per heavy atom. The molecule has 4 rings (SSSR count). The van der Waals surface area contributed by atoms with Gasteiger partial charge in [-0.15, -0.1) is 0 Å². The minimum absolute atomic E-state index is 0.0186. The molecule has 28 heavy (non-hydrogen) atoms. The number of fused-ring (bicyclic) bond motifs is 1. The van der Waals surface area contributed by atoms with Crippen LogP contribution in [0.15, 0.2) is 59.7 Å². The topological polar surface area (TPSA) is 81.2 Å². The van der Waals surface area contributed by atoms with Crippen molar-refractivity contribution in [1.82, 2.24) is 14.5 Å². The van der Waals surface area contributed by atoms with E-state index < -0.39 is 0 Å². The number of nitrogens with zero attached hydrogens (tertiary/aromatic N) is 3. The average molecular weight is 376 g/mol. The van der Waals surface area contributed by atoms with Gasteiger partial charge >= 0.3 is 0 Å². The van der Waals surface area contributed by atoms with E-state index in [0.29, 0.717) is 30.5 Å². The minimum atomic E-state index is -0.109. The lowest BCUT2D eigenvalue weighted by atomic mass is 9.95. The lowest BCUT2D eigenvalue weighted by Crippen LogP contribution is -2.33. The molecule has 2 heterocycles. The number of para-hydroxylation sites is 1. The Balaban J connectivity index is 1.45. The second-order valence-electron chi connectivity index (χ2n) is 7.44. The number of nitrogens with two attached hydrogens (primary N) is 1. The van der Waals surface area contributed by atoms with Crippen LogP contribution < -0.4 is 11.3 Å². The predicted octanol–water partition coefficient (Wildman–Crippen LogP) is 2.05. The molecule has 0 spiro atoms. The van der Waals surface area contributed by atoms with E-state index in [4.69, 9.17) is 5.73 Å². The van der Waals surface area contributed by atoms with Gasteiger partial charge in [-0.3, -0.25) is 14.2 Å². The SMILES string of the molecule is Cc1cccc2c(=O)n(CCC(=O)N3C[C@@H](N)[C@H](c4ccccc4)C3)cnc12. The van der Waals surface area contributed by atoms with Crippen molar-refractivity contribution in [1.29, 1.82) is 0 Å². The first-order valence-electron chi connectivity index (χ1n) is 9.57. The van der Waals surface area contributed by atoms with E-state index in [1.807, 2.05) is 42.2 Å². The van der Waals surface area contributed by atoms with Crippen molar-refractivity contribution in [3.05, 3.63) is 76.3 Å². The monoisotopic (exact) mass is 376 g/mol. The number of aryl methyl sites for hydroxylation is 2. The summed E-state index contributed by atoms with van der Waals surface area (Å²) in [4.78, 5) is 31.6. The number of likely N-dealkylation sites (tertiary alicyclic amines) is 1. The number of hydrogen-bond acceptors (Lipinski definition) is 4. The summed E-state index contributed by atoms with van der Waals surface area (Å²) in [5, 5.41) is 0.585. The second kappa shape index (κ2) is 7.56. The lowest BCUT2D eigenvalue weighted by Gasteiger charge is -2.17. The average Bonchev–Trinajstić information content (AvgIpc) is 3.10. The fourth-order valence-electron chi connectivity index (χ4n) is 3.96. The molecule has 0 aliphatic carbocycles. The van der Waals surface area contributed by atoms with Crippen LogP contribution in [0.1, 0.15) is 23.5 Å². The molecule has 1 fully saturated rings. The summed E-state index contributed by atoms with van der Waals surface area (Å²) in [6.07, 6.45) is 1.79. The lowest BCUT2D eigenvalue weighted by molar-refractivity contribution is -0.130. The molecule has 2 aromatic carbocycles. The van der Waals surface area contributed by atoms with E-state index in [0.717, 1.165) is 11.1 Å². The van der Waals surface area contributed by atoms with E-state index in [1.54, 1.807) is 6.07 Å². The first-order chi connectivity index (χ1) is 13.5. The molecule has 3 aromatic rings. The van der Waals surface area contributed by atoms with Crippen LogP contribution in [0.2, 0.25) is 0 Å². The van der Waals surface area contributed by atoms with E-state index in [1.165, 1.54) is 10.9 Å². The maximum Gasteiger partial charge on any atom is 0.261 e. The highest BCUT2D eigenvalue weighted by Gasteiger charge is 2.33. The van der Waals surface area contributed by atoms with Crippen molar-refractivity contribution in [2.45, 2.75) is 31.8 Å². The van der Waals surface area contributed by atoms with Gasteiger partial charge in [0.15, 0.2) is 0 Å². The molecule has 6 nitrogen and oxygen atoms in total. The quantitative estimate of drug-likeness (QED) is 0.756. The fourth-order valence-corrected chi connectivity index (χ4v) is 3.96. The molecule has 2 atom stereocenters. The van der Waals surface area contributed by atoms with Crippen molar-refractivity contribution in [2.24, 2.45) is 5.73 Å². The van der Waals surface area contributed by atoms with Crippen molar-refractivity contribution in [3.63, 3.8) is 0 Å². The highest BCUT2D eigenvalue weighted by atomic mass is 16.2. The van der Waals surface area contributed by atoms with Crippen LogP contribution in [-0.2, 0) is 11.3 Å². The van der Waals surface area contributed by atoms with Crippen LogP contribution >= 0.6 is 0 Å². The Morgan fingerprint density at radius 2 is 1.93 bits per heavy atom. The molecule has 6 heteroatoms. The first-order valence-corrected chi connectivity index (χ1v) is 9.57. The maximum absolute atomic E-state index is 12.7. The van der Waals surface area contributed by atoms with E-state index in [2.05, 4.69) is 17.1 Å². The highest BCUT2D eigenvalue weighted by Crippen LogP contribution is 2.26. The Labute approximate surface area is 163 Å². The van der Waals surface area contributed by atoms with Gasteiger partial charge in [-0.1, -0.05) is 42.5 Å². The molecule has 1 aliphatic rings. The Bertz CT molecular complexity index is 1060. The Hall–Kier alpha value is -2.99. The van der Waals surface area contributed by atoms with Gasteiger partial charge in [-0.05, 0) is 24.1 Å². The number of amides is 1. The normalized spacial score (nSPS) is 19.3. The summed E-state index contributed by atoms with van der Waals surface area (Å²) >= 11 is 0. The van der Waals surface area contributed by atoms with Crippen LogP contribution in [0, 0.1) is 6.92 Å². The predicted molar refractivity (Wildman–Crippen MR) is 109 cm³/mol. The van der Waals surface area contributed by atoms with E-state index >= 15 is 0 Å². The third kappa shape index (κ3) is 3.43. The van der Waals surface area contributed by atoms with Gasteiger partial charge < -0.3 is 10.6 Å². The van der Waals surface area contributed by atoms with Crippen LogP contribution in [-0.4, -0.2) is 39.5 Å². The molecule has 1 amide bonds. The van der Waals surface area contributed by atoms with E-state index in [-0.39, 0.29) is 29.8 Å². The highest BCUT2D eigenvalue weighted by molar-refractivity contribution is 5.80. The molecule has 144 valence electrons. The van der Waals surface area contributed by atoms with Crippen molar-refractivity contribution in [2.75, 3.05) is 13.1 Å². The Kier molecular flexibility index (Phi) is 4.96. The number of rotatable bonds is 4. The van der Waals surface area contributed by atoms with Crippen LogP contribution in [0.3, 0.4) is 0 Å². The smallest absolute Gasteiger partial charge is 0.261 e. The van der Waals surface area contributed by atoms with Crippen molar-refractivity contribution < 1.29 is 4.79 Å². The van der Waals surface area contributed by atoms with Crippen molar-refractivity contribution >= 4 is 16.8 Å². The molecule has 0 unspecified atom stereocenters. The molecular weight excluding hydrogens is 352 g/mol. The molecule has 2 N–H and O–H groups in total. The van der Waals surface area contributed by atoms with Gasteiger partial charge in [0.25, 0.3) is 5.56 Å². The number of aromatic nitrogens is 2. The molecule has 1 aromatic heterocycles. The van der Waals surface area contributed by atoms with Crippen LogP contribution in [0.5, 0.6) is 0 Å². The Morgan fingerprint density at radius 3 is 2.71 bits per heavy atom. The molecular formula is C22H24N4O2. The zero-order chi connectivity index (χ0) is 19.7. The van der Waals surface area contributed by atoms with Crippen molar-refractivity contribution in [3.8, 4) is 0 Å². The largest absolute Gasteiger partial charge is 0.340 e. The van der Waals surface area contributed by atoms with E-state index in [9.17, 15) is 9.59 Å². The van der Waals surface area contributed by atoms with Crippen LogP contribution in [0.25, 0.3) is 10.9 Å². The summed E-state index contributed by atoms with van der Waals surface area (Å²) in [5.74, 6) is 0.170. The minimum Gasteiger partial charge on any atom is -0.340 e. The van der Waals surface area contributed by atoms with Gasteiger partial charge in [0.05, 0.1) is 17.2 Å². The zero-order valence-corrected chi connectivity index (χ0v) is 15.9. The van der Waals surface area contributed by atoms with Gasteiger partial charge in [0, 0.05) is 38.0 Å². The standard InChI is InChI=1S/C22H24N4O2/c1-15-6-5-9-17-21(15)24-14-25(22(17)28)11-10-20(27)26-12-18(19(23)13-26)16-7-3-2-4-8-16/h2-9,14,18-19H,10-13,23H2,1H3/t18-,19+/m0/s1. The number of benzene rings is 2. The van der Waals surface area contributed by atoms with Gasteiger partial charge in [-0.25, -0.2) is 4.98 Å². The second-order valence-corrected chi connectivity index (χ2v) is 7.44. The maximum atomic E-state index is 12.7. The molecule has 1 aliphatic heterocycles. The molecule has 0 bridgehead atoms. The van der Waals surface area contributed by atoms with Gasteiger partial charge in [0.2, 0.25) is 5.91 Å². The molecule has 1 saturated heterocycles. The first kappa shape index (κ1) is 18.4. The summed E-state index contributed by atoms with van der Waals surface area (Å²) in [7, 11) is 0. The fraction of sp³-hybridized carbons (Fsp3) is 0.318.